The quantitative estimate of drug-likeness (QED) is 0.672. The van der Waals surface area contributed by atoms with E-state index in [1.807, 2.05) is 42.5 Å². The van der Waals surface area contributed by atoms with Crippen LogP contribution in [0.2, 0.25) is 5.02 Å². The molecule has 0 radical (unpaired) electrons. The Labute approximate surface area is 137 Å². The molecule has 0 aliphatic rings. The summed E-state index contributed by atoms with van der Waals surface area (Å²) in [5.41, 5.74) is 8.05. The van der Waals surface area contributed by atoms with E-state index in [2.05, 4.69) is 5.32 Å². The second-order valence-electron chi connectivity index (χ2n) is 4.75. The van der Waals surface area contributed by atoms with Crippen LogP contribution >= 0.6 is 22.9 Å². The average Bonchev–Trinajstić information content (AvgIpc) is 2.98. The van der Waals surface area contributed by atoms with Gasteiger partial charge in [0.05, 0.1) is 4.88 Å². The van der Waals surface area contributed by atoms with Crippen LogP contribution < -0.4 is 11.1 Å². The SMILES string of the molecule is Nc1cccc(NC(=O)c2ccc(-c3ccc(Cl)cc3)s2)c1. The summed E-state index contributed by atoms with van der Waals surface area (Å²) in [7, 11) is 0. The van der Waals surface area contributed by atoms with Gasteiger partial charge in [-0.25, -0.2) is 0 Å². The Morgan fingerprint density at radius 1 is 1.05 bits per heavy atom. The van der Waals surface area contributed by atoms with Gasteiger partial charge in [0.1, 0.15) is 0 Å². The number of hydrogen-bond acceptors (Lipinski definition) is 3. The number of carbonyl (C=O) groups excluding carboxylic acids is 1. The maximum Gasteiger partial charge on any atom is 0.265 e. The van der Waals surface area contributed by atoms with E-state index < -0.39 is 0 Å². The number of halogens is 1. The highest BCUT2D eigenvalue weighted by atomic mass is 35.5. The Morgan fingerprint density at radius 2 is 1.82 bits per heavy atom. The lowest BCUT2D eigenvalue weighted by molar-refractivity contribution is 0.103. The third-order valence-electron chi connectivity index (χ3n) is 3.10. The average molecular weight is 329 g/mol. The molecule has 110 valence electrons. The highest BCUT2D eigenvalue weighted by molar-refractivity contribution is 7.17. The minimum absolute atomic E-state index is 0.143. The van der Waals surface area contributed by atoms with E-state index in [-0.39, 0.29) is 5.91 Å². The minimum atomic E-state index is -0.143. The van der Waals surface area contributed by atoms with Crippen LogP contribution in [0.4, 0.5) is 11.4 Å². The molecular formula is C17H13ClN2OS. The van der Waals surface area contributed by atoms with Crippen LogP contribution in [0.3, 0.4) is 0 Å². The van der Waals surface area contributed by atoms with Gasteiger partial charge in [0.25, 0.3) is 5.91 Å². The fourth-order valence-electron chi connectivity index (χ4n) is 2.04. The Balaban J connectivity index is 1.78. The Kier molecular flexibility index (Phi) is 4.13. The van der Waals surface area contributed by atoms with Gasteiger partial charge in [-0.2, -0.15) is 0 Å². The first kappa shape index (κ1) is 14.6. The second-order valence-corrected chi connectivity index (χ2v) is 6.27. The molecule has 0 unspecified atom stereocenters. The zero-order valence-electron chi connectivity index (χ0n) is 11.5. The molecule has 0 bridgehead atoms. The van der Waals surface area contributed by atoms with Gasteiger partial charge in [0, 0.05) is 21.3 Å². The van der Waals surface area contributed by atoms with Crippen molar-refractivity contribution < 1.29 is 4.79 Å². The highest BCUT2D eigenvalue weighted by Crippen LogP contribution is 2.29. The van der Waals surface area contributed by atoms with Crippen LogP contribution in [0.15, 0.2) is 60.7 Å². The molecule has 0 saturated heterocycles. The molecule has 3 nitrogen and oxygen atoms in total. The third-order valence-corrected chi connectivity index (χ3v) is 4.49. The van der Waals surface area contributed by atoms with Crippen molar-refractivity contribution in [1.29, 1.82) is 0 Å². The number of benzene rings is 2. The van der Waals surface area contributed by atoms with Crippen LogP contribution in [0.5, 0.6) is 0 Å². The number of rotatable bonds is 3. The lowest BCUT2D eigenvalue weighted by atomic mass is 10.2. The number of nitrogens with two attached hydrogens (primary N) is 1. The monoisotopic (exact) mass is 328 g/mol. The molecule has 2 aromatic carbocycles. The van der Waals surface area contributed by atoms with Gasteiger partial charge in [-0.3, -0.25) is 4.79 Å². The van der Waals surface area contributed by atoms with Crippen molar-refractivity contribution in [3.05, 3.63) is 70.6 Å². The van der Waals surface area contributed by atoms with Crippen molar-refractivity contribution in [2.24, 2.45) is 0 Å². The van der Waals surface area contributed by atoms with Crippen LogP contribution in [0.1, 0.15) is 9.67 Å². The largest absolute Gasteiger partial charge is 0.399 e. The van der Waals surface area contributed by atoms with Crippen molar-refractivity contribution in [3.63, 3.8) is 0 Å². The van der Waals surface area contributed by atoms with Gasteiger partial charge in [-0.05, 0) is 48.0 Å². The molecule has 0 aliphatic carbocycles. The minimum Gasteiger partial charge on any atom is -0.399 e. The first-order valence-corrected chi connectivity index (χ1v) is 7.84. The summed E-state index contributed by atoms with van der Waals surface area (Å²) in [5.74, 6) is -0.143. The molecule has 0 saturated carbocycles. The smallest absolute Gasteiger partial charge is 0.265 e. The van der Waals surface area contributed by atoms with E-state index in [0.29, 0.717) is 21.3 Å². The van der Waals surface area contributed by atoms with Gasteiger partial charge in [0.2, 0.25) is 0 Å². The predicted octanol–water partition coefficient (Wildman–Crippen LogP) is 4.90. The van der Waals surface area contributed by atoms with Crippen molar-refractivity contribution >= 4 is 40.2 Å². The van der Waals surface area contributed by atoms with E-state index in [1.54, 1.807) is 18.2 Å². The number of carbonyl (C=O) groups is 1. The number of amides is 1. The molecule has 1 heterocycles. The molecule has 0 aliphatic heterocycles. The lowest BCUT2D eigenvalue weighted by Crippen LogP contribution is -2.10. The topological polar surface area (TPSA) is 55.1 Å². The van der Waals surface area contributed by atoms with Crippen LogP contribution in [0.25, 0.3) is 10.4 Å². The summed E-state index contributed by atoms with van der Waals surface area (Å²) >= 11 is 7.32. The number of nitrogens with one attached hydrogen (secondary N) is 1. The number of anilines is 2. The van der Waals surface area contributed by atoms with Crippen molar-refractivity contribution in [2.45, 2.75) is 0 Å². The molecule has 0 atom stereocenters. The van der Waals surface area contributed by atoms with Crippen LogP contribution in [-0.4, -0.2) is 5.91 Å². The summed E-state index contributed by atoms with van der Waals surface area (Å²) in [6.07, 6.45) is 0. The van der Waals surface area contributed by atoms with E-state index in [0.717, 1.165) is 10.4 Å². The fraction of sp³-hybridized carbons (Fsp3) is 0. The first-order chi connectivity index (χ1) is 10.6. The molecular weight excluding hydrogens is 316 g/mol. The summed E-state index contributed by atoms with van der Waals surface area (Å²) in [5, 5.41) is 3.54. The molecule has 3 aromatic rings. The van der Waals surface area contributed by atoms with Crippen molar-refractivity contribution in [2.75, 3.05) is 11.1 Å². The molecule has 3 rings (SSSR count). The van der Waals surface area contributed by atoms with Crippen molar-refractivity contribution in [3.8, 4) is 10.4 Å². The van der Waals surface area contributed by atoms with Gasteiger partial charge in [-0.1, -0.05) is 29.8 Å². The van der Waals surface area contributed by atoms with Crippen molar-refractivity contribution in [1.82, 2.24) is 0 Å². The standard InChI is InChI=1S/C17H13ClN2OS/c18-12-6-4-11(5-7-12)15-8-9-16(22-15)17(21)20-14-3-1-2-13(19)10-14/h1-10H,19H2,(H,20,21). The molecule has 22 heavy (non-hydrogen) atoms. The van der Waals surface area contributed by atoms with E-state index in [1.165, 1.54) is 11.3 Å². The third kappa shape index (κ3) is 3.30. The number of nitrogen functional groups attached to an aromatic ring is 1. The molecule has 5 heteroatoms. The summed E-state index contributed by atoms with van der Waals surface area (Å²) in [6, 6.07) is 18.4. The molecule has 1 amide bonds. The van der Waals surface area contributed by atoms with Crippen LogP contribution in [0, 0.1) is 0 Å². The fourth-order valence-corrected chi connectivity index (χ4v) is 3.07. The summed E-state index contributed by atoms with van der Waals surface area (Å²) < 4.78 is 0. The Morgan fingerprint density at radius 3 is 2.55 bits per heavy atom. The molecule has 3 N–H and O–H groups in total. The van der Waals surface area contributed by atoms with Gasteiger partial charge in [-0.15, -0.1) is 11.3 Å². The lowest BCUT2D eigenvalue weighted by Gasteiger charge is -2.04. The van der Waals surface area contributed by atoms with Gasteiger partial charge in [0.15, 0.2) is 0 Å². The molecule has 1 aromatic heterocycles. The predicted molar refractivity (Wildman–Crippen MR) is 93.6 cm³/mol. The van der Waals surface area contributed by atoms with Gasteiger partial charge < -0.3 is 11.1 Å². The Bertz CT molecular complexity index is 812. The maximum atomic E-state index is 12.3. The number of thiophene rings is 1. The Hall–Kier alpha value is -2.30. The summed E-state index contributed by atoms with van der Waals surface area (Å²) in [6.45, 7) is 0. The van der Waals surface area contributed by atoms with Gasteiger partial charge >= 0.3 is 0 Å². The van der Waals surface area contributed by atoms with E-state index in [9.17, 15) is 4.79 Å². The molecule has 0 fully saturated rings. The normalized spacial score (nSPS) is 10.4. The molecule has 0 spiro atoms. The first-order valence-electron chi connectivity index (χ1n) is 6.64. The zero-order valence-corrected chi connectivity index (χ0v) is 13.1. The maximum absolute atomic E-state index is 12.3. The summed E-state index contributed by atoms with van der Waals surface area (Å²) in [4.78, 5) is 13.9. The highest BCUT2D eigenvalue weighted by Gasteiger charge is 2.10. The zero-order chi connectivity index (χ0) is 15.5. The van der Waals surface area contributed by atoms with E-state index >= 15 is 0 Å². The van der Waals surface area contributed by atoms with Crippen LogP contribution in [-0.2, 0) is 0 Å². The second kappa shape index (κ2) is 6.22. The van der Waals surface area contributed by atoms with E-state index in [4.69, 9.17) is 17.3 Å². The number of hydrogen-bond donors (Lipinski definition) is 2.